The van der Waals surface area contributed by atoms with Crippen molar-refractivity contribution < 1.29 is 9.84 Å². The Labute approximate surface area is 150 Å². The van der Waals surface area contributed by atoms with Crippen molar-refractivity contribution in [2.45, 2.75) is 37.7 Å². The minimum absolute atomic E-state index is 0.0218. The molecule has 25 heavy (non-hydrogen) atoms. The fourth-order valence-electron chi connectivity index (χ4n) is 3.76. The van der Waals surface area contributed by atoms with Crippen LogP contribution in [0.5, 0.6) is 5.75 Å². The minimum Gasteiger partial charge on any atom is -0.493 e. The van der Waals surface area contributed by atoms with Crippen molar-refractivity contribution in [3.63, 3.8) is 0 Å². The summed E-state index contributed by atoms with van der Waals surface area (Å²) in [6, 6.07) is 12.0. The first-order valence-corrected chi connectivity index (χ1v) is 9.02. The van der Waals surface area contributed by atoms with Crippen LogP contribution < -0.4 is 4.74 Å². The van der Waals surface area contributed by atoms with Gasteiger partial charge in [0.15, 0.2) is 0 Å². The van der Waals surface area contributed by atoms with E-state index in [-0.39, 0.29) is 5.92 Å². The first kappa shape index (κ1) is 17.9. The lowest BCUT2D eigenvalue weighted by molar-refractivity contribution is -0.00503. The van der Waals surface area contributed by atoms with Gasteiger partial charge in [0.25, 0.3) is 0 Å². The zero-order valence-corrected chi connectivity index (χ0v) is 15.4. The van der Waals surface area contributed by atoms with E-state index in [0.717, 1.165) is 42.0 Å². The standard InChI is InChI=1S/C21H28N2O2/c1-16-9-10-17(15-22-16)18-11-14-25-20-8-5-4-7-19(20)21(18,24)12-6-13-23(2)3/h4-5,7-10,15,18,24H,6,11-14H2,1-3H3/t18-,21+/m1/s1. The average Bonchev–Trinajstić information content (AvgIpc) is 2.73. The van der Waals surface area contributed by atoms with Gasteiger partial charge in [-0.1, -0.05) is 24.3 Å². The van der Waals surface area contributed by atoms with E-state index in [0.29, 0.717) is 13.0 Å². The normalized spacial score (nSPS) is 23.0. The van der Waals surface area contributed by atoms with Crippen molar-refractivity contribution in [1.82, 2.24) is 9.88 Å². The minimum atomic E-state index is -0.944. The van der Waals surface area contributed by atoms with Gasteiger partial charge in [0.2, 0.25) is 0 Å². The average molecular weight is 340 g/mol. The molecule has 0 saturated carbocycles. The number of hydrogen-bond acceptors (Lipinski definition) is 4. The molecular weight excluding hydrogens is 312 g/mol. The number of para-hydroxylation sites is 1. The van der Waals surface area contributed by atoms with Crippen LogP contribution in [0.3, 0.4) is 0 Å². The Morgan fingerprint density at radius 1 is 1.24 bits per heavy atom. The summed E-state index contributed by atoms with van der Waals surface area (Å²) in [6.07, 6.45) is 4.31. The Kier molecular flexibility index (Phi) is 5.40. The van der Waals surface area contributed by atoms with Crippen LogP contribution in [0.4, 0.5) is 0 Å². The second-order valence-electron chi connectivity index (χ2n) is 7.25. The number of benzene rings is 1. The van der Waals surface area contributed by atoms with Crippen LogP contribution in [0, 0.1) is 6.92 Å². The molecule has 1 aliphatic heterocycles. The van der Waals surface area contributed by atoms with E-state index in [9.17, 15) is 5.11 Å². The Bertz CT molecular complexity index is 699. The van der Waals surface area contributed by atoms with E-state index in [2.05, 4.69) is 30.0 Å². The number of fused-ring (bicyclic) bond motifs is 1. The van der Waals surface area contributed by atoms with Crippen LogP contribution in [0.1, 0.15) is 42.0 Å². The molecule has 0 saturated heterocycles. The summed E-state index contributed by atoms with van der Waals surface area (Å²) in [5, 5.41) is 11.9. The highest BCUT2D eigenvalue weighted by Gasteiger charge is 2.42. The molecule has 0 fully saturated rings. The number of nitrogens with zero attached hydrogens (tertiary/aromatic N) is 2. The molecule has 0 spiro atoms. The Morgan fingerprint density at radius 2 is 2.04 bits per heavy atom. The second-order valence-corrected chi connectivity index (χ2v) is 7.25. The summed E-state index contributed by atoms with van der Waals surface area (Å²) < 4.78 is 5.96. The summed E-state index contributed by atoms with van der Waals surface area (Å²) in [4.78, 5) is 6.61. The third kappa shape index (κ3) is 3.86. The largest absolute Gasteiger partial charge is 0.493 e. The third-order valence-corrected chi connectivity index (χ3v) is 5.09. The molecule has 134 valence electrons. The van der Waals surface area contributed by atoms with E-state index < -0.39 is 5.60 Å². The molecule has 0 aliphatic carbocycles. The van der Waals surface area contributed by atoms with E-state index in [1.165, 1.54) is 0 Å². The molecule has 2 heterocycles. The van der Waals surface area contributed by atoms with Gasteiger partial charge in [0, 0.05) is 23.4 Å². The van der Waals surface area contributed by atoms with Gasteiger partial charge in [-0.05, 0) is 64.5 Å². The molecule has 0 unspecified atom stereocenters. The fourth-order valence-corrected chi connectivity index (χ4v) is 3.76. The molecule has 1 N–H and O–H groups in total. The molecule has 3 rings (SSSR count). The lowest BCUT2D eigenvalue weighted by atomic mass is 9.73. The number of aryl methyl sites for hydroxylation is 1. The second kappa shape index (κ2) is 7.54. The first-order chi connectivity index (χ1) is 12.0. The van der Waals surface area contributed by atoms with E-state index in [1.807, 2.05) is 43.5 Å². The van der Waals surface area contributed by atoms with Gasteiger partial charge in [0.05, 0.1) is 6.61 Å². The molecule has 4 heteroatoms. The van der Waals surface area contributed by atoms with Crippen molar-refractivity contribution in [3.8, 4) is 5.75 Å². The molecular formula is C21H28N2O2. The van der Waals surface area contributed by atoms with E-state index in [4.69, 9.17) is 4.74 Å². The maximum absolute atomic E-state index is 11.9. The summed E-state index contributed by atoms with van der Waals surface area (Å²) in [6.45, 7) is 3.54. The molecule has 1 aromatic heterocycles. The number of hydrogen-bond donors (Lipinski definition) is 1. The van der Waals surface area contributed by atoms with Gasteiger partial charge in [0.1, 0.15) is 11.4 Å². The highest BCUT2D eigenvalue weighted by atomic mass is 16.5. The van der Waals surface area contributed by atoms with Gasteiger partial charge >= 0.3 is 0 Å². The predicted molar refractivity (Wildman–Crippen MR) is 100.0 cm³/mol. The van der Waals surface area contributed by atoms with Crippen molar-refractivity contribution in [3.05, 3.63) is 59.4 Å². The Balaban J connectivity index is 2.00. The third-order valence-electron chi connectivity index (χ3n) is 5.09. The highest BCUT2D eigenvalue weighted by molar-refractivity contribution is 5.42. The van der Waals surface area contributed by atoms with Crippen LogP contribution in [-0.2, 0) is 5.60 Å². The maximum atomic E-state index is 11.9. The highest BCUT2D eigenvalue weighted by Crippen LogP contribution is 2.47. The van der Waals surface area contributed by atoms with Crippen LogP contribution in [-0.4, -0.2) is 42.2 Å². The van der Waals surface area contributed by atoms with Crippen molar-refractivity contribution in [1.29, 1.82) is 0 Å². The summed E-state index contributed by atoms with van der Waals surface area (Å²) >= 11 is 0. The summed E-state index contributed by atoms with van der Waals surface area (Å²) in [5.41, 5.74) is 2.03. The lowest BCUT2D eigenvalue weighted by Crippen LogP contribution is -2.34. The van der Waals surface area contributed by atoms with Gasteiger partial charge < -0.3 is 14.7 Å². The van der Waals surface area contributed by atoms with Crippen LogP contribution >= 0.6 is 0 Å². The molecule has 0 radical (unpaired) electrons. The van der Waals surface area contributed by atoms with Crippen LogP contribution in [0.25, 0.3) is 0 Å². The topological polar surface area (TPSA) is 45.6 Å². The van der Waals surface area contributed by atoms with Gasteiger partial charge in [-0.15, -0.1) is 0 Å². The molecule has 1 aromatic carbocycles. The summed E-state index contributed by atoms with van der Waals surface area (Å²) in [5.74, 6) is 0.781. The maximum Gasteiger partial charge on any atom is 0.125 e. The number of aliphatic hydroxyl groups is 1. The smallest absolute Gasteiger partial charge is 0.125 e. The zero-order valence-electron chi connectivity index (χ0n) is 15.4. The molecule has 2 atom stereocenters. The molecule has 2 aromatic rings. The fraction of sp³-hybridized carbons (Fsp3) is 0.476. The molecule has 0 bridgehead atoms. The van der Waals surface area contributed by atoms with Gasteiger partial charge in [-0.25, -0.2) is 0 Å². The van der Waals surface area contributed by atoms with Crippen molar-refractivity contribution in [2.24, 2.45) is 0 Å². The summed E-state index contributed by atoms with van der Waals surface area (Å²) in [7, 11) is 4.13. The monoisotopic (exact) mass is 340 g/mol. The molecule has 4 nitrogen and oxygen atoms in total. The lowest BCUT2D eigenvalue weighted by Gasteiger charge is -2.36. The molecule has 1 aliphatic rings. The number of aromatic nitrogens is 1. The number of pyridine rings is 1. The number of rotatable bonds is 5. The van der Waals surface area contributed by atoms with Crippen molar-refractivity contribution in [2.75, 3.05) is 27.2 Å². The zero-order chi connectivity index (χ0) is 17.9. The predicted octanol–water partition coefficient (Wildman–Crippen LogP) is 3.49. The first-order valence-electron chi connectivity index (χ1n) is 9.02. The Morgan fingerprint density at radius 3 is 2.76 bits per heavy atom. The van der Waals surface area contributed by atoms with Gasteiger partial charge in [-0.2, -0.15) is 0 Å². The van der Waals surface area contributed by atoms with Crippen molar-refractivity contribution >= 4 is 0 Å². The van der Waals surface area contributed by atoms with Crippen LogP contribution in [0.15, 0.2) is 42.6 Å². The van der Waals surface area contributed by atoms with E-state index >= 15 is 0 Å². The van der Waals surface area contributed by atoms with Gasteiger partial charge in [-0.3, -0.25) is 4.98 Å². The quantitative estimate of drug-likeness (QED) is 0.905. The molecule has 0 amide bonds. The Hall–Kier alpha value is -1.91. The number of ether oxygens (including phenoxy) is 1. The van der Waals surface area contributed by atoms with Crippen LogP contribution in [0.2, 0.25) is 0 Å². The SMILES string of the molecule is Cc1ccc([C@H]2CCOc3ccccc3[C@]2(O)CCCN(C)C)cn1. The van der Waals surface area contributed by atoms with E-state index in [1.54, 1.807) is 0 Å².